The summed E-state index contributed by atoms with van der Waals surface area (Å²) in [5.41, 5.74) is 2.39. The fourth-order valence-corrected chi connectivity index (χ4v) is 2.66. The van der Waals surface area contributed by atoms with Gasteiger partial charge in [0, 0.05) is 5.02 Å². The average Bonchev–Trinajstić information content (AvgIpc) is 2.83. The van der Waals surface area contributed by atoms with Gasteiger partial charge in [0.1, 0.15) is 0 Å². The van der Waals surface area contributed by atoms with Gasteiger partial charge in [0.05, 0.1) is 6.10 Å². The quantitative estimate of drug-likeness (QED) is 0.674. The zero-order chi connectivity index (χ0) is 9.00. The molecule has 2 heteroatoms. The highest BCUT2D eigenvalue weighted by molar-refractivity contribution is 6.30. The molecule has 2 aliphatic rings. The molecule has 0 bridgehead atoms. The topological polar surface area (TPSA) is 20.2 Å². The lowest BCUT2D eigenvalue weighted by atomic mass is 9.90. The SMILES string of the molecule is OC1C[C@@H]2C[C@@H]2c2ccc(Cl)cc21. The molecule has 2 aliphatic carbocycles. The van der Waals surface area contributed by atoms with E-state index in [0.717, 1.165) is 28.8 Å². The summed E-state index contributed by atoms with van der Waals surface area (Å²) in [7, 11) is 0. The van der Waals surface area contributed by atoms with E-state index < -0.39 is 0 Å². The number of hydrogen-bond donors (Lipinski definition) is 1. The maximum absolute atomic E-state index is 9.82. The number of benzene rings is 1. The van der Waals surface area contributed by atoms with Gasteiger partial charge in [0.2, 0.25) is 0 Å². The number of aliphatic hydroxyl groups is 1. The average molecular weight is 195 g/mol. The Labute approximate surface area is 82.3 Å². The van der Waals surface area contributed by atoms with E-state index in [-0.39, 0.29) is 6.10 Å². The lowest BCUT2D eigenvalue weighted by molar-refractivity contribution is 0.153. The lowest BCUT2D eigenvalue weighted by Crippen LogP contribution is -2.08. The third-order valence-electron chi connectivity index (χ3n) is 3.26. The van der Waals surface area contributed by atoms with Gasteiger partial charge in [-0.2, -0.15) is 0 Å². The second-order valence-corrected chi connectivity index (χ2v) is 4.56. The van der Waals surface area contributed by atoms with Crippen molar-refractivity contribution in [1.29, 1.82) is 0 Å². The summed E-state index contributed by atoms with van der Waals surface area (Å²) in [5, 5.41) is 10.6. The van der Waals surface area contributed by atoms with Crippen LogP contribution in [0.2, 0.25) is 5.02 Å². The van der Waals surface area contributed by atoms with Crippen molar-refractivity contribution in [2.75, 3.05) is 0 Å². The first-order valence-corrected chi connectivity index (χ1v) is 5.11. The van der Waals surface area contributed by atoms with Crippen LogP contribution >= 0.6 is 11.6 Å². The van der Waals surface area contributed by atoms with Crippen molar-refractivity contribution in [3.05, 3.63) is 34.3 Å². The largest absolute Gasteiger partial charge is 0.388 e. The second-order valence-electron chi connectivity index (χ2n) is 4.13. The van der Waals surface area contributed by atoms with Crippen molar-refractivity contribution >= 4 is 11.6 Å². The fourth-order valence-electron chi connectivity index (χ4n) is 2.47. The Balaban J connectivity index is 2.15. The van der Waals surface area contributed by atoms with E-state index in [1.54, 1.807) is 0 Å². The number of aliphatic hydroxyl groups excluding tert-OH is 1. The summed E-state index contributed by atoms with van der Waals surface area (Å²) >= 11 is 5.89. The molecule has 1 N–H and O–H groups in total. The Bertz CT molecular complexity index is 361. The van der Waals surface area contributed by atoms with Gasteiger partial charge in [0.25, 0.3) is 0 Å². The predicted molar refractivity (Wildman–Crippen MR) is 51.9 cm³/mol. The van der Waals surface area contributed by atoms with Crippen LogP contribution in [-0.2, 0) is 0 Å². The molecule has 1 fully saturated rings. The van der Waals surface area contributed by atoms with Gasteiger partial charge in [-0.1, -0.05) is 17.7 Å². The van der Waals surface area contributed by atoms with E-state index in [9.17, 15) is 5.11 Å². The molecule has 1 saturated carbocycles. The van der Waals surface area contributed by atoms with E-state index in [2.05, 4.69) is 6.07 Å². The van der Waals surface area contributed by atoms with E-state index in [0.29, 0.717) is 0 Å². The van der Waals surface area contributed by atoms with Gasteiger partial charge < -0.3 is 5.11 Å². The summed E-state index contributed by atoms with van der Waals surface area (Å²) in [4.78, 5) is 0. The highest BCUT2D eigenvalue weighted by Crippen LogP contribution is 2.57. The minimum Gasteiger partial charge on any atom is -0.388 e. The summed E-state index contributed by atoms with van der Waals surface area (Å²) in [6.45, 7) is 0. The first-order chi connectivity index (χ1) is 6.25. The standard InChI is InChI=1S/C11H11ClO/c12-7-1-2-8-9-3-6(9)4-11(13)10(8)5-7/h1-2,5-6,9,11,13H,3-4H2/t6-,9-,11?/m0/s1. The van der Waals surface area contributed by atoms with Crippen LogP contribution in [0.5, 0.6) is 0 Å². The Kier molecular flexibility index (Phi) is 1.50. The zero-order valence-electron chi connectivity index (χ0n) is 7.20. The summed E-state index contributed by atoms with van der Waals surface area (Å²) in [6, 6.07) is 5.91. The lowest BCUT2D eigenvalue weighted by Gasteiger charge is -2.20. The highest BCUT2D eigenvalue weighted by Gasteiger charge is 2.45. The highest BCUT2D eigenvalue weighted by atomic mass is 35.5. The minimum atomic E-state index is -0.280. The van der Waals surface area contributed by atoms with Crippen molar-refractivity contribution in [1.82, 2.24) is 0 Å². The van der Waals surface area contributed by atoms with E-state index >= 15 is 0 Å². The fraction of sp³-hybridized carbons (Fsp3) is 0.455. The molecular weight excluding hydrogens is 184 g/mol. The van der Waals surface area contributed by atoms with Crippen molar-refractivity contribution in [3.8, 4) is 0 Å². The predicted octanol–water partition coefficient (Wildman–Crippen LogP) is 2.88. The van der Waals surface area contributed by atoms with E-state index in [1.165, 1.54) is 12.0 Å². The molecule has 3 rings (SSSR count). The maximum atomic E-state index is 9.82. The molecule has 0 heterocycles. The Morgan fingerprint density at radius 1 is 1.23 bits per heavy atom. The molecule has 0 aromatic heterocycles. The number of hydrogen-bond acceptors (Lipinski definition) is 1. The zero-order valence-corrected chi connectivity index (χ0v) is 7.96. The molecule has 0 saturated heterocycles. The van der Waals surface area contributed by atoms with Gasteiger partial charge in [-0.05, 0) is 47.9 Å². The Hall–Kier alpha value is -0.530. The second kappa shape index (κ2) is 2.49. The Morgan fingerprint density at radius 2 is 2.08 bits per heavy atom. The van der Waals surface area contributed by atoms with E-state index in [4.69, 9.17) is 11.6 Å². The van der Waals surface area contributed by atoms with Crippen LogP contribution in [0.15, 0.2) is 18.2 Å². The molecule has 1 aromatic carbocycles. The van der Waals surface area contributed by atoms with Gasteiger partial charge >= 0.3 is 0 Å². The number of halogens is 1. The van der Waals surface area contributed by atoms with Crippen molar-refractivity contribution in [2.24, 2.45) is 5.92 Å². The van der Waals surface area contributed by atoms with Gasteiger partial charge in [0.15, 0.2) is 0 Å². The van der Waals surface area contributed by atoms with Crippen LogP contribution in [0.1, 0.15) is 36.0 Å². The molecule has 0 aliphatic heterocycles. The normalized spacial score (nSPS) is 35.1. The maximum Gasteiger partial charge on any atom is 0.0796 e. The summed E-state index contributed by atoms with van der Waals surface area (Å²) < 4.78 is 0. The molecule has 0 amide bonds. The van der Waals surface area contributed by atoms with Crippen LogP contribution in [-0.4, -0.2) is 5.11 Å². The number of rotatable bonds is 0. The van der Waals surface area contributed by atoms with Gasteiger partial charge in [-0.25, -0.2) is 0 Å². The number of fused-ring (bicyclic) bond motifs is 3. The van der Waals surface area contributed by atoms with Crippen molar-refractivity contribution in [3.63, 3.8) is 0 Å². The molecular formula is C11H11ClO. The van der Waals surface area contributed by atoms with Crippen molar-refractivity contribution in [2.45, 2.75) is 24.9 Å². The molecule has 1 nitrogen and oxygen atoms in total. The van der Waals surface area contributed by atoms with Crippen LogP contribution < -0.4 is 0 Å². The Morgan fingerprint density at radius 3 is 2.92 bits per heavy atom. The van der Waals surface area contributed by atoms with Crippen molar-refractivity contribution < 1.29 is 5.11 Å². The van der Waals surface area contributed by atoms with Crippen LogP contribution in [0.3, 0.4) is 0 Å². The van der Waals surface area contributed by atoms with Crippen LogP contribution in [0.25, 0.3) is 0 Å². The summed E-state index contributed by atoms with van der Waals surface area (Å²) in [6.07, 6.45) is 1.90. The molecule has 0 spiro atoms. The van der Waals surface area contributed by atoms with E-state index in [1.807, 2.05) is 12.1 Å². The third-order valence-corrected chi connectivity index (χ3v) is 3.49. The molecule has 13 heavy (non-hydrogen) atoms. The van der Waals surface area contributed by atoms with Gasteiger partial charge in [-0.3, -0.25) is 0 Å². The van der Waals surface area contributed by atoms with Crippen LogP contribution in [0, 0.1) is 5.92 Å². The molecule has 0 radical (unpaired) electrons. The smallest absolute Gasteiger partial charge is 0.0796 e. The molecule has 3 atom stereocenters. The van der Waals surface area contributed by atoms with Crippen LogP contribution in [0.4, 0.5) is 0 Å². The molecule has 1 unspecified atom stereocenters. The summed E-state index contributed by atoms with van der Waals surface area (Å²) in [5.74, 6) is 1.46. The first-order valence-electron chi connectivity index (χ1n) is 4.73. The molecule has 68 valence electrons. The monoisotopic (exact) mass is 194 g/mol. The first kappa shape index (κ1) is 7.84. The minimum absolute atomic E-state index is 0.280. The molecule has 1 aromatic rings. The third kappa shape index (κ3) is 1.11. The van der Waals surface area contributed by atoms with Gasteiger partial charge in [-0.15, -0.1) is 0 Å².